The quantitative estimate of drug-likeness (QED) is 0.188. The van der Waals surface area contributed by atoms with E-state index in [1.165, 1.54) is 85.9 Å². The van der Waals surface area contributed by atoms with Crippen molar-refractivity contribution in [3.05, 3.63) is 158 Å². The Morgan fingerprint density at radius 1 is 0.326 bits per heavy atom. The van der Waals surface area contributed by atoms with Gasteiger partial charge in [0.15, 0.2) is 0 Å². The van der Waals surface area contributed by atoms with Gasteiger partial charge in [-0.1, -0.05) is 133 Å². The van der Waals surface area contributed by atoms with Crippen LogP contribution in [0.4, 0.5) is 0 Å². The lowest BCUT2D eigenvalue weighted by Gasteiger charge is -2.20. The third-order valence-corrected chi connectivity index (χ3v) is 9.97. The van der Waals surface area contributed by atoms with E-state index in [1.807, 2.05) is 11.3 Å². The van der Waals surface area contributed by atoms with Crippen LogP contribution in [0.15, 0.2) is 158 Å². The van der Waals surface area contributed by atoms with Gasteiger partial charge in [-0.05, 0) is 90.0 Å². The summed E-state index contributed by atoms with van der Waals surface area (Å²) in [5, 5.41) is 10.3. The van der Waals surface area contributed by atoms with E-state index in [1.54, 1.807) is 0 Å². The fourth-order valence-corrected chi connectivity index (χ4v) is 8.15. The molecule has 1 aromatic heterocycles. The van der Waals surface area contributed by atoms with Gasteiger partial charge in [0.25, 0.3) is 0 Å². The van der Waals surface area contributed by atoms with E-state index < -0.39 is 0 Å². The molecule has 0 N–H and O–H groups in total. The molecule has 0 nitrogen and oxygen atoms in total. The fourth-order valence-electron chi connectivity index (χ4n) is 7.02. The van der Waals surface area contributed by atoms with Crippen molar-refractivity contribution in [1.29, 1.82) is 0 Å². The Morgan fingerprint density at radius 2 is 0.884 bits per heavy atom. The number of hydrogen-bond acceptors (Lipinski definition) is 1. The Bertz CT molecular complexity index is 2440. The molecule has 9 aromatic rings. The molecule has 0 atom stereocenters. The highest BCUT2D eigenvalue weighted by atomic mass is 32.1. The van der Waals surface area contributed by atoms with Gasteiger partial charge in [-0.15, -0.1) is 11.3 Å². The molecule has 1 heterocycles. The van der Waals surface area contributed by atoms with Gasteiger partial charge in [0.05, 0.1) is 0 Å². The van der Waals surface area contributed by atoms with E-state index in [0.29, 0.717) is 0 Å². The molecule has 0 aliphatic heterocycles. The molecule has 0 aliphatic rings. The van der Waals surface area contributed by atoms with Crippen LogP contribution >= 0.6 is 11.3 Å². The number of hydrogen-bond donors (Lipinski definition) is 0. The van der Waals surface area contributed by atoms with Crippen LogP contribution in [-0.2, 0) is 0 Å². The summed E-state index contributed by atoms with van der Waals surface area (Å²) in [4.78, 5) is 0. The summed E-state index contributed by atoms with van der Waals surface area (Å²) in [7, 11) is 0. The largest absolute Gasteiger partial charge is 0.135 e. The molecular formula is C42H26S. The lowest BCUT2D eigenvalue weighted by molar-refractivity contribution is 1.66. The molecule has 0 aliphatic carbocycles. The highest BCUT2D eigenvalue weighted by Crippen LogP contribution is 2.47. The number of benzene rings is 8. The molecule has 0 amide bonds. The van der Waals surface area contributed by atoms with E-state index in [4.69, 9.17) is 0 Å². The molecule has 9 rings (SSSR count). The van der Waals surface area contributed by atoms with Gasteiger partial charge in [-0.2, -0.15) is 0 Å². The molecule has 0 spiro atoms. The molecule has 0 bridgehead atoms. The van der Waals surface area contributed by atoms with Crippen LogP contribution < -0.4 is 0 Å². The van der Waals surface area contributed by atoms with Crippen LogP contribution in [0, 0.1) is 0 Å². The second-order valence-electron chi connectivity index (χ2n) is 11.2. The second-order valence-corrected chi connectivity index (χ2v) is 12.3. The van der Waals surface area contributed by atoms with Crippen LogP contribution in [0.5, 0.6) is 0 Å². The van der Waals surface area contributed by atoms with Crippen molar-refractivity contribution < 1.29 is 0 Å². The maximum Gasteiger partial charge on any atom is 0.0361 e. The zero-order valence-corrected chi connectivity index (χ0v) is 24.2. The van der Waals surface area contributed by atoms with Crippen molar-refractivity contribution in [2.45, 2.75) is 0 Å². The molecule has 8 aromatic carbocycles. The number of thiophene rings is 1. The minimum atomic E-state index is 1.25. The van der Waals surface area contributed by atoms with Gasteiger partial charge >= 0.3 is 0 Å². The second kappa shape index (κ2) is 9.66. The molecule has 0 radical (unpaired) electrons. The normalized spacial score (nSPS) is 11.7. The third kappa shape index (κ3) is 3.75. The first-order valence-corrected chi connectivity index (χ1v) is 15.6. The average Bonchev–Trinajstić information content (AvgIpc) is 3.46. The summed E-state index contributed by atoms with van der Waals surface area (Å²) in [5.74, 6) is 0. The molecule has 0 unspecified atom stereocenters. The van der Waals surface area contributed by atoms with Crippen molar-refractivity contribution in [2.24, 2.45) is 0 Å². The van der Waals surface area contributed by atoms with Crippen molar-refractivity contribution in [2.75, 3.05) is 0 Å². The Morgan fingerprint density at radius 3 is 1.60 bits per heavy atom. The summed E-state index contributed by atoms with van der Waals surface area (Å²) < 4.78 is 2.66. The van der Waals surface area contributed by atoms with E-state index in [2.05, 4.69) is 158 Å². The maximum absolute atomic E-state index is 2.44. The van der Waals surface area contributed by atoms with Crippen LogP contribution in [0.1, 0.15) is 0 Å². The highest BCUT2D eigenvalue weighted by molar-refractivity contribution is 7.25. The molecule has 200 valence electrons. The van der Waals surface area contributed by atoms with E-state index in [0.717, 1.165) is 0 Å². The zero-order valence-electron chi connectivity index (χ0n) is 23.4. The predicted octanol–water partition coefficient (Wildman–Crippen LogP) is 12.5. The van der Waals surface area contributed by atoms with Crippen molar-refractivity contribution in [3.8, 4) is 33.4 Å². The molecule has 0 saturated heterocycles. The lowest BCUT2D eigenvalue weighted by atomic mass is 9.83. The topological polar surface area (TPSA) is 0 Å². The number of rotatable bonds is 3. The molecule has 43 heavy (non-hydrogen) atoms. The van der Waals surface area contributed by atoms with Crippen molar-refractivity contribution in [1.82, 2.24) is 0 Å². The average molecular weight is 563 g/mol. The molecular weight excluding hydrogens is 537 g/mol. The van der Waals surface area contributed by atoms with Gasteiger partial charge in [0.1, 0.15) is 0 Å². The molecule has 0 fully saturated rings. The van der Waals surface area contributed by atoms with Gasteiger partial charge in [0, 0.05) is 20.2 Å². The van der Waals surface area contributed by atoms with Crippen molar-refractivity contribution >= 4 is 63.8 Å². The zero-order chi connectivity index (χ0) is 28.3. The SMILES string of the molecule is c1ccc(-c2c3ccccc3c(-c3cc(-c4cccc5sc6ccccc6c45)cc4ccccc34)c3ccccc23)cc1. The van der Waals surface area contributed by atoms with Crippen LogP contribution in [0.2, 0.25) is 0 Å². The summed E-state index contributed by atoms with van der Waals surface area (Å²) in [6.45, 7) is 0. The monoisotopic (exact) mass is 562 g/mol. The third-order valence-electron chi connectivity index (χ3n) is 8.84. The van der Waals surface area contributed by atoms with Crippen LogP contribution in [0.3, 0.4) is 0 Å². The summed E-state index contributed by atoms with van der Waals surface area (Å²) >= 11 is 1.88. The van der Waals surface area contributed by atoms with Crippen LogP contribution in [-0.4, -0.2) is 0 Å². The molecule has 1 heteroatoms. The summed E-state index contributed by atoms with van der Waals surface area (Å²) in [6, 6.07) is 58.0. The highest BCUT2D eigenvalue weighted by Gasteiger charge is 2.19. The van der Waals surface area contributed by atoms with Crippen molar-refractivity contribution in [3.63, 3.8) is 0 Å². The van der Waals surface area contributed by atoms with Gasteiger partial charge in [-0.3, -0.25) is 0 Å². The Kier molecular flexibility index (Phi) is 5.47. The van der Waals surface area contributed by atoms with E-state index in [9.17, 15) is 0 Å². The lowest BCUT2D eigenvalue weighted by Crippen LogP contribution is -1.92. The smallest absolute Gasteiger partial charge is 0.0361 e. The predicted molar refractivity (Wildman–Crippen MR) is 188 cm³/mol. The standard InChI is InChI=1S/C42H26S/c1-2-13-27(14-3-1)40-32-17-6-8-19-34(32)41(35-20-9-7-18-33(35)40)37-26-29(25-28-15-4-5-16-30(28)37)31-22-12-24-39-42(31)36-21-10-11-23-38(36)43-39/h1-26H. The Labute approximate surface area is 254 Å². The minimum Gasteiger partial charge on any atom is -0.135 e. The first-order valence-electron chi connectivity index (χ1n) is 14.8. The van der Waals surface area contributed by atoms with Gasteiger partial charge in [0.2, 0.25) is 0 Å². The molecule has 0 saturated carbocycles. The first kappa shape index (κ1) is 24.4. The van der Waals surface area contributed by atoms with Gasteiger partial charge < -0.3 is 0 Å². The number of fused-ring (bicyclic) bond motifs is 6. The minimum absolute atomic E-state index is 1.25. The van der Waals surface area contributed by atoms with E-state index in [-0.39, 0.29) is 0 Å². The Hall–Kier alpha value is -5.24. The fraction of sp³-hybridized carbons (Fsp3) is 0. The summed E-state index contributed by atoms with van der Waals surface area (Å²) in [6.07, 6.45) is 0. The van der Waals surface area contributed by atoms with E-state index >= 15 is 0 Å². The van der Waals surface area contributed by atoms with Crippen LogP contribution in [0.25, 0.3) is 85.9 Å². The summed E-state index contributed by atoms with van der Waals surface area (Å²) in [5.41, 5.74) is 7.66. The maximum atomic E-state index is 2.44. The Balaban J connectivity index is 1.43. The first-order chi connectivity index (χ1) is 21.3. The van der Waals surface area contributed by atoms with Gasteiger partial charge in [-0.25, -0.2) is 0 Å².